The number of rotatable bonds is 6. The van der Waals surface area contributed by atoms with E-state index in [0.717, 1.165) is 16.6 Å². The van der Waals surface area contributed by atoms with E-state index >= 15 is 0 Å². The molecule has 2 aromatic heterocycles. The van der Waals surface area contributed by atoms with Gasteiger partial charge in [-0.25, -0.2) is 9.97 Å². The molecular weight excluding hydrogens is 399 g/mol. The van der Waals surface area contributed by atoms with Gasteiger partial charge in [-0.3, -0.25) is 4.79 Å². The molecule has 0 unspecified atom stereocenters. The number of ketones is 1. The fourth-order valence-electron chi connectivity index (χ4n) is 2.29. The summed E-state index contributed by atoms with van der Waals surface area (Å²) < 4.78 is 44.5. The standard InChI is InChI=1S/C17H14F3N3O2S2/c1-25-9-2-4-12-11(6-9)15(23-16(22-12)17(18,19)20)26-8-13(24)14-5-3-10(7-21)27-14/h2-6H,7-8,21H2,1H3. The maximum atomic E-state index is 13.1. The van der Waals surface area contributed by atoms with Gasteiger partial charge < -0.3 is 10.5 Å². The predicted octanol–water partition coefficient (Wildman–Crippen LogP) is 4.15. The normalized spacial score (nSPS) is 11.7. The molecule has 0 spiro atoms. The van der Waals surface area contributed by atoms with E-state index in [2.05, 4.69) is 9.97 Å². The molecule has 2 heterocycles. The van der Waals surface area contributed by atoms with E-state index in [1.165, 1.54) is 30.6 Å². The Morgan fingerprint density at radius 2 is 2.04 bits per heavy atom. The number of hydrogen-bond donors (Lipinski definition) is 1. The molecule has 3 aromatic rings. The third-order valence-corrected chi connectivity index (χ3v) is 5.74. The summed E-state index contributed by atoms with van der Waals surface area (Å²) in [5.74, 6) is -1.03. The van der Waals surface area contributed by atoms with Gasteiger partial charge >= 0.3 is 6.18 Å². The fraction of sp³-hybridized carbons (Fsp3) is 0.235. The monoisotopic (exact) mass is 413 g/mol. The van der Waals surface area contributed by atoms with Crippen molar-refractivity contribution in [3.8, 4) is 5.75 Å². The molecule has 0 amide bonds. The average molecular weight is 413 g/mol. The molecule has 142 valence electrons. The summed E-state index contributed by atoms with van der Waals surface area (Å²) in [5.41, 5.74) is 5.67. The van der Waals surface area contributed by atoms with E-state index in [4.69, 9.17) is 10.5 Å². The molecule has 3 rings (SSSR count). The molecule has 0 fully saturated rings. The van der Waals surface area contributed by atoms with Gasteiger partial charge in [0.25, 0.3) is 0 Å². The summed E-state index contributed by atoms with van der Waals surface area (Å²) in [7, 11) is 1.45. The first-order valence-corrected chi connectivity index (χ1v) is 9.50. The molecule has 0 bridgehead atoms. The van der Waals surface area contributed by atoms with Crippen molar-refractivity contribution in [2.75, 3.05) is 12.9 Å². The van der Waals surface area contributed by atoms with E-state index in [-0.39, 0.29) is 22.1 Å². The number of nitrogens with two attached hydrogens (primary N) is 1. The second-order valence-electron chi connectivity index (χ2n) is 5.42. The lowest BCUT2D eigenvalue weighted by Crippen LogP contribution is -2.12. The van der Waals surface area contributed by atoms with Crippen molar-refractivity contribution in [3.05, 3.63) is 45.9 Å². The van der Waals surface area contributed by atoms with Crippen molar-refractivity contribution < 1.29 is 22.7 Å². The third kappa shape index (κ3) is 4.40. The predicted molar refractivity (Wildman–Crippen MR) is 98.4 cm³/mol. The van der Waals surface area contributed by atoms with Crippen molar-refractivity contribution >= 4 is 39.8 Å². The molecule has 27 heavy (non-hydrogen) atoms. The lowest BCUT2D eigenvalue weighted by molar-refractivity contribution is -0.145. The fourth-order valence-corrected chi connectivity index (χ4v) is 4.09. The zero-order valence-electron chi connectivity index (χ0n) is 14.0. The molecule has 5 nitrogen and oxygen atoms in total. The van der Waals surface area contributed by atoms with Gasteiger partial charge in [0.1, 0.15) is 10.8 Å². The highest BCUT2D eigenvalue weighted by Gasteiger charge is 2.35. The van der Waals surface area contributed by atoms with Crippen LogP contribution in [0.2, 0.25) is 0 Å². The van der Waals surface area contributed by atoms with E-state index in [9.17, 15) is 18.0 Å². The van der Waals surface area contributed by atoms with Gasteiger partial charge in [0.2, 0.25) is 5.82 Å². The number of alkyl halides is 3. The number of halogens is 3. The topological polar surface area (TPSA) is 78.1 Å². The number of nitrogens with zero attached hydrogens (tertiary/aromatic N) is 2. The van der Waals surface area contributed by atoms with E-state index in [0.29, 0.717) is 22.6 Å². The summed E-state index contributed by atoms with van der Waals surface area (Å²) >= 11 is 2.21. The first kappa shape index (κ1) is 19.6. The van der Waals surface area contributed by atoms with Crippen molar-refractivity contribution in [1.29, 1.82) is 0 Å². The summed E-state index contributed by atoms with van der Waals surface area (Å²) in [5, 5.41) is 0.476. The Morgan fingerprint density at radius 3 is 2.67 bits per heavy atom. The molecular formula is C17H14F3N3O2S2. The van der Waals surface area contributed by atoms with Crippen LogP contribution in [-0.2, 0) is 12.7 Å². The molecule has 0 radical (unpaired) electrons. The Kier molecular flexibility index (Phi) is 5.68. The Balaban J connectivity index is 1.94. The highest BCUT2D eigenvalue weighted by atomic mass is 32.2. The van der Waals surface area contributed by atoms with Crippen LogP contribution in [0.1, 0.15) is 20.4 Å². The van der Waals surface area contributed by atoms with Gasteiger partial charge in [-0.15, -0.1) is 11.3 Å². The van der Waals surface area contributed by atoms with Crippen LogP contribution >= 0.6 is 23.1 Å². The van der Waals surface area contributed by atoms with Gasteiger partial charge in [-0.05, 0) is 30.3 Å². The Morgan fingerprint density at radius 1 is 1.26 bits per heavy atom. The van der Waals surface area contributed by atoms with Crippen LogP contribution in [0.25, 0.3) is 10.9 Å². The number of Topliss-reactive ketones (excluding diaryl/α,β-unsaturated/α-hetero) is 1. The molecule has 0 saturated heterocycles. The molecule has 0 aliphatic heterocycles. The summed E-state index contributed by atoms with van der Waals surface area (Å²) in [4.78, 5) is 20.9. The van der Waals surface area contributed by atoms with Crippen LogP contribution in [0.3, 0.4) is 0 Å². The third-order valence-electron chi connectivity index (χ3n) is 3.60. The maximum Gasteiger partial charge on any atom is 0.451 e. The molecule has 0 saturated carbocycles. The smallest absolute Gasteiger partial charge is 0.451 e. The lowest BCUT2D eigenvalue weighted by atomic mass is 10.2. The Hall–Kier alpha value is -2.17. The lowest BCUT2D eigenvalue weighted by Gasteiger charge is -2.11. The van der Waals surface area contributed by atoms with Gasteiger partial charge in [0, 0.05) is 16.8 Å². The number of fused-ring (bicyclic) bond motifs is 1. The highest BCUT2D eigenvalue weighted by molar-refractivity contribution is 8.00. The van der Waals surface area contributed by atoms with E-state index in [1.807, 2.05) is 0 Å². The number of hydrogen-bond acceptors (Lipinski definition) is 7. The summed E-state index contributed by atoms with van der Waals surface area (Å²) in [6, 6.07) is 7.94. The van der Waals surface area contributed by atoms with Crippen molar-refractivity contribution in [1.82, 2.24) is 9.97 Å². The maximum absolute atomic E-state index is 13.1. The van der Waals surface area contributed by atoms with Crippen LogP contribution in [0.5, 0.6) is 5.75 Å². The van der Waals surface area contributed by atoms with E-state index < -0.39 is 12.0 Å². The number of thiophene rings is 1. The molecule has 1 aromatic carbocycles. The summed E-state index contributed by atoms with van der Waals surface area (Å²) in [6.07, 6.45) is -4.68. The number of aromatic nitrogens is 2. The second kappa shape index (κ2) is 7.83. The van der Waals surface area contributed by atoms with E-state index in [1.54, 1.807) is 18.2 Å². The van der Waals surface area contributed by atoms with Gasteiger partial charge in [0.15, 0.2) is 5.78 Å². The van der Waals surface area contributed by atoms with Crippen LogP contribution in [0, 0.1) is 0 Å². The number of methoxy groups -OCH3 is 1. The molecule has 0 aliphatic carbocycles. The average Bonchev–Trinajstić information content (AvgIpc) is 3.13. The summed E-state index contributed by atoms with van der Waals surface area (Å²) in [6.45, 7) is 0.330. The highest BCUT2D eigenvalue weighted by Crippen LogP contribution is 2.34. The first-order valence-electron chi connectivity index (χ1n) is 7.69. The molecule has 10 heteroatoms. The van der Waals surface area contributed by atoms with Crippen molar-refractivity contribution in [2.24, 2.45) is 5.73 Å². The minimum Gasteiger partial charge on any atom is -0.497 e. The van der Waals surface area contributed by atoms with Crippen molar-refractivity contribution in [3.63, 3.8) is 0 Å². The van der Waals surface area contributed by atoms with Crippen LogP contribution < -0.4 is 10.5 Å². The number of benzene rings is 1. The zero-order valence-corrected chi connectivity index (χ0v) is 15.7. The van der Waals surface area contributed by atoms with Gasteiger partial charge in [-0.2, -0.15) is 13.2 Å². The molecule has 0 atom stereocenters. The minimum atomic E-state index is -4.68. The number of thioether (sulfide) groups is 1. The quantitative estimate of drug-likeness (QED) is 0.372. The van der Waals surface area contributed by atoms with Crippen molar-refractivity contribution in [2.45, 2.75) is 17.7 Å². The minimum absolute atomic E-state index is 0.0505. The second-order valence-corrected chi connectivity index (χ2v) is 7.55. The van der Waals surface area contributed by atoms with Gasteiger partial charge in [0.05, 0.1) is 23.3 Å². The number of carbonyl (C=O) groups excluding carboxylic acids is 1. The number of carbonyl (C=O) groups is 1. The SMILES string of the molecule is COc1ccc2nc(C(F)(F)F)nc(SCC(=O)c3ccc(CN)s3)c2c1. The molecule has 0 aliphatic rings. The van der Waals surface area contributed by atoms with Crippen LogP contribution in [0.4, 0.5) is 13.2 Å². The van der Waals surface area contributed by atoms with Gasteiger partial charge in [-0.1, -0.05) is 11.8 Å². The van der Waals surface area contributed by atoms with Crippen LogP contribution in [0.15, 0.2) is 35.4 Å². The Bertz CT molecular complexity index is 989. The Labute approximate surface area is 160 Å². The van der Waals surface area contributed by atoms with Crippen LogP contribution in [-0.4, -0.2) is 28.6 Å². The molecule has 2 N–H and O–H groups in total. The largest absolute Gasteiger partial charge is 0.497 e. The first-order chi connectivity index (χ1) is 12.8. The zero-order chi connectivity index (χ0) is 19.6. The number of ether oxygens (including phenoxy) is 1.